The van der Waals surface area contributed by atoms with E-state index in [0.717, 1.165) is 0 Å². The largest absolute Gasteiger partial charge is 0.480 e. The zero-order chi connectivity index (χ0) is 16.0. The molecule has 0 rings (SSSR count). The Balaban J connectivity index is 4.08. The molecule has 3 N–H and O–H groups in total. The summed E-state index contributed by atoms with van der Waals surface area (Å²) >= 11 is 0. The normalized spacial score (nSPS) is 14.2. The van der Waals surface area contributed by atoms with Crippen LogP contribution in [0.4, 0.5) is 0 Å². The second-order valence-corrected chi connectivity index (χ2v) is 6.15. The van der Waals surface area contributed by atoms with E-state index < -0.39 is 16.9 Å². The number of hydrogen-bond acceptors (Lipinski definition) is 3. The van der Waals surface area contributed by atoms with Crippen LogP contribution >= 0.6 is 0 Å². The van der Waals surface area contributed by atoms with Crippen LogP contribution in [0.15, 0.2) is 0 Å². The molecule has 0 saturated carbocycles. The molecule has 116 valence electrons. The molecular weight excluding hydrogens is 260 g/mol. The van der Waals surface area contributed by atoms with Crippen LogP contribution in [0.25, 0.3) is 0 Å². The van der Waals surface area contributed by atoms with Crippen LogP contribution < -0.4 is 10.6 Å². The quantitative estimate of drug-likeness (QED) is 0.615. The van der Waals surface area contributed by atoms with Crippen LogP contribution in [-0.4, -0.2) is 35.0 Å². The van der Waals surface area contributed by atoms with Crippen molar-refractivity contribution in [2.75, 3.05) is 6.54 Å². The topological polar surface area (TPSA) is 95.5 Å². The minimum atomic E-state index is -1.23. The summed E-state index contributed by atoms with van der Waals surface area (Å²) in [5, 5.41) is 14.3. The Morgan fingerprint density at radius 2 is 1.65 bits per heavy atom. The summed E-state index contributed by atoms with van der Waals surface area (Å²) in [7, 11) is 0. The van der Waals surface area contributed by atoms with Gasteiger partial charge in [-0.25, -0.2) is 4.79 Å². The molecule has 1 unspecified atom stereocenters. The molecule has 20 heavy (non-hydrogen) atoms. The van der Waals surface area contributed by atoms with Crippen molar-refractivity contribution in [1.29, 1.82) is 0 Å². The lowest BCUT2D eigenvalue weighted by atomic mass is 9.96. The fourth-order valence-corrected chi connectivity index (χ4v) is 1.38. The van der Waals surface area contributed by atoms with Gasteiger partial charge in [-0.15, -0.1) is 0 Å². The zero-order valence-corrected chi connectivity index (χ0v) is 13.0. The molecule has 6 heteroatoms. The smallest absolute Gasteiger partial charge is 0.329 e. The van der Waals surface area contributed by atoms with E-state index in [1.807, 2.05) is 20.8 Å². The molecule has 0 bridgehead atoms. The van der Waals surface area contributed by atoms with Gasteiger partial charge in [0.05, 0.1) is 0 Å². The van der Waals surface area contributed by atoms with E-state index in [2.05, 4.69) is 10.6 Å². The summed E-state index contributed by atoms with van der Waals surface area (Å²) in [6, 6.07) is 0. The van der Waals surface area contributed by atoms with E-state index >= 15 is 0 Å². The third kappa shape index (κ3) is 6.04. The molecule has 0 radical (unpaired) electrons. The molecule has 0 aliphatic heterocycles. The van der Waals surface area contributed by atoms with E-state index in [-0.39, 0.29) is 18.2 Å². The number of aliphatic carboxylic acids is 1. The van der Waals surface area contributed by atoms with E-state index in [1.54, 1.807) is 6.92 Å². The van der Waals surface area contributed by atoms with Gasteiger partial charge >= 0.3 is 5.97 Å². The lowest BCUT2D eigenvalue weighted by Gasteiger charge is -2.24. The van der Waals surface area contributed by atoms with Crippen LogP contribution in [0, 0.1) is 5.41 Å². The molecule has 1 atom stereocenters. The average Bonchev–Trinajstić information content (AvgIpc) is 2.32. The first-order valence-corrected chi connectivity index (χ1v) is 6.85. The van der Waals surface area contributed by atoms with E-state index in [4.69, 9.17) is 5.11 Å². The number of nitrogens with one attached hydrogen (secondary N) is 2. The number of amides is 2. The third-order valence-corrected chi connectivity index (χ3v) is 3.14. The molecule has 0 aliphatic carbocycles. The lowest BCUT2D eigenvalue weighted by molar-refractivity contribution is -0.147. The minimum absolute atomic E-state index is 0.0677. The van der Waals surface area contributed by atoms with Crippen molar-refractivity contribution in [3.05, 3.63) is 0 Å². The Hall–Kier alpha value is -1.59. The van der Waals surface area contributed by atoms with Gasteiger partial charge in [0, 0.05) is 18.4 Å². The van der Waals surface area contributed by atoms with Gasteiger partial charge in [0.15, 0.2) is 0 Å². The van der Waals surface area contributed by atoms with Gasteiger partial charge in [0.2, 0.25) is 11.8 Å². The molecule has 0 heterocycles. The first-order valence-electron chi connectivity index (χ1n) is 6.85. The van der Waals surface area contributed by atoms with Gasteiger partial charge in [-0.05, 0) is 19.8 Å². The van der Waals surface area contributed by atoms with Crippen molar-refractivity contribution in [1.82, 2.24) is 10.6 Å². The maximum absolute atomic E-state index is 11.7. The number of carbonyl (C=O) groups excluding carboxylic acids is 2. The van der Waals surface area contributed by atoms with Crippen LogP contribution in [0.2, 0.25) is 0 Å². The molecule has 2 amide bonds. The van der Waals surface area contributed by atoms with Gasteiger partial charge in [-0.3, -0.25) is 9.59 Å². The van der Waals surface area contributed by atoms with Crippen LogP contribution in [0.3, 0.4) is 0 Å². The molecule has 0 aromatic rings. The fraction of sp³-hybridized carbons (Fsp3) is 0.786. The first kappa shape index (κ1) is 18.4. The standard InChI is InChI=1S/C14H26N2O4/c1-6-14(5,12(19)20)16-10(17)8-7-9-15-11(18)13(2,3)4/h6-9H2,1-5H3,(H,15,18)(H,16,17)(H,19,20). The van der Waals surface area contributed by atoms with Gasteiger partial charge in [0.1, 0.15) is 5.54 Å². The van der Waals surface area contributed by atoms with Crippen molar-refractivity contribution in [2.24, 2.45) is 5.41 Å². The second kappa shape index (κ2) is 7.26. The van der Waals surface area contributed by atoms with Gasteiger partial charge in [-0.1, -0.05) is 27.7 Å². The van der Waals surface area contributed by atoms with Crippen LogP contribution in [0.5, 0.6) is 0 Å². The highest BCUT2D eigenvalue weighted by Gasteiger charge is 2.32. The summed E-state index contributed by atoms with van der Waals surface area (Å²) in [6.07, 6.45) is 0.981. The third-order valence-electron chi connectivity index (χ3n) is 3.14. The zero-order valence-electron chi connectivity index (χ0n) is 13.0. The van der Waals surface area contributed by atoms with Crippen molar-refractivity contribution in [3.8, 4) is 0 Å². The number of rotatable bonds is 7. The minimum Gasteiger partial charge on any atom is -0.480 e. The predicted molar refractivity (Wildman–Crippen MR) is 76.2 cm³/mol. The summed E-state index contributed by atoms with van der Waals surface area (Å²) in [5.74, 6) is -1.43. The second-order valence-electron chi connectivity index (χ2n) is 6.15. The van der Waals surface area contributed by atoms with Crippen molar-refractivity contribution >= 4 is 17.8 Å². The Kier molecular flexibility index (Phi) is 6.68. The monoisotopic (exact) mass is 286 g/mol. The average molecular weight is 286 g/mol. The molecule has 0 saturated heterocycles. The van der Waals surface area contributed by atoms with Crippen molar-refractivity contribution < 1.29 is 19.5 Å². The Labute approximate surface area is 120 Å². The number of hydrogen-bond donors (Lipinski definition) is 3. The molecule has 0 aliphatic rings. The first-order chi connectivity index (χ1) is 9.03. The molecular formula is C14H26N2O4. The number of carbonyl (C=O) groups is 3. The number of carboxylic acid groups (broad SMARTS) is 1. The SMILES string of the molecule is CCC(C)(NC(=O)CCCNC(=O)C(C)(C)C)C(=O)O. The van der Waals surface area contributed by atoms with Crippen LogP contribution in [-0.2, 0) is 14.4 Å². The van der Waals surface area contributed by atoms with Crippen molar-refractivity contribution in [3.63, 3.8) is 0 Å². The highest BCUT2D eigenvalue weighted by atomic mass is 16.4. The molecule has 0 aromatic heterocycles. The summed E-state index contributed by atoms with van der Waals surface area (Å²) in [4.78, 5) is 34.3. The summed E-state index contributed by atoms with van der Waals surface area (Å²) < 4.78 is 0. The maximum Gasteiger partial charge on any atom is 0.329 e. The Morgan fingerprint density at radius 1 is 1.10 bits per heavy atom. The van der Waals surface area contributed by atoms with E-state index in [1.165, 1.54) is 6.92 Å². The van der Waals surface area contributed by atoms with Gasteiger partial charge < -0.3 is 15.7 Å². The lowest BCUT2D eigenvalue weighted by Crippen LogP contribution is -2.51. The highest BCUT2D eigenvalue weighted by molar-refractivity contribution is 5.86. The summed E-state index contributed by atoms with van der Waals surface area (Å²) in [5.41, 5.74) is -1.68. The fourth-order valence-electron chi connectivity index (χ4n) is 1.38. The van der Waals surface area contributed by atoms with E-state index in [0.29, 0.717) is 19.4 Å². The van der Waals surface area contributed by atoms with Crippen LogP contribution in [0.1, 0.15) is 53.9 Å². The predicted octanol–water partition coefficient (Wildman–Crippen LogP) is 1.30. The van der Waals surface area contributed by atoms with Gasteiger partial charge in [0.25, 0.3) is 0 Å². The molecule has 0 spiro atoms. The summed E-state index contributed by atoms with van der Waals surface area (Å²) in [6.45, 7) is 9.03. The van der Waals surface area contributed by atoms with E-state index in [9.17, 15) is 14.4 Å². The Morgan fingerprint density at radius 3 is 2.05 bits per heavy atom. The number of carboxylic acids is 1. The molecule has 6 nitrogen and oxygen atoms in total. The maximum atomic E-state index is 11.7. The Bertz CT molecular complexity index is 374. The van der Waals surface area contributed by atoms with Gasteiger partial charge in [-0.2, -0.15) is 0 Å². The highest BCUT2D eigenvalue weighted by Crippen LogP contribution is 2.12. The van der Waals surface area contributed by atoms with Crippen molar-refractivity contribution in [2.45, 2.75) is 59.4 Å². The molecule has 0 aromatic carbocycles. The molecule has 0 fully saturated rings.